The highest BCUT2D eigenvalue weighted by molar-refractivity contribution is 6.31. The molecule has 0 spiro atoms. The van der Waals surface area contributed by atoms with Crippen LogP contribution in [0.5, 0.6) is 0 Å². The van der Waals surface area contributed by atoms with Crippen LogP contribution in [0.3, 0.4) is 0 Å². The molecule has 96 valence electrons. The van der Waals surface area contributed by atoms with Crippen LogP contribution in [-0.2, 0) is 11.2 Å². The highest BCUT2D eigenvalue weighted by atomic mass is 35.5. The molecule has 0 aliphatic rings. The van der Waals surface area contributed by atoms with E-state index in [4.69, 9.17) is 16.3 Å². The second kappa shape index (κ2) is 7.70. The Morgan fingerprint density at radius 1 is 1.29 bits per heavy atom. The van der Waals surface area contributed by atoms with Crippen LogP contribution >= 0.6 is 11.6 Å². The van der Waals surface area contributed by atoms with Crippen molar-refractivity contribution in [2.24, 2.45) is 5.92 Å². The minimum Gasteiger partial charge on any atom is -0.384 e. The molecule has 0 bridgehead atoms. The van der Waals surface area contributed by atoms with E-state index in [1.54, 1.807) is 7.11 Å². The fourth-order valence-corrected chi connectivity index (χ4v) is 2.02. The van der Waals surface area contributed by atoms with Crippen molar-refractivity contribution in [1.82, 2.24) is 5.32 Å². The van der Waals surface area contributed by atoms with Gasteiger partial charge in [-0.15, -0.1) is 0 Å². The van der Waals surface area contributed by atoms with Crippen LogP contribution in [0.1, 0.15) is 19.4 Å². The van der Waals surface area contributed by atoms with E-state index in [0.29, 0.717) is 12.0 Å². The summed E-state index contributed by atoms with van der Waals surface area (Å²) in [5.41, 5.74) is 1.20. The summed E-state index contributed by atoms with van der Waals surface area (Å²) in [6.45, 7) is 6.13. The lowest BCUT2D eigenvalue weighted by molar-refractivity contribution is 0.157. The number of rotatable bonds is 7. The van der Waals surface area contributed by atoms with Crippen molar-refractivity contribution in [3.05, 3.63) is 34.9 Å². The lowest BCUT2D eigenvalue weighted by Crippen LogP contribution is -2.33. The third kappa shape index (κ3) is 5.53. The molecule has 1 rings (SSSR count). The fraction of sp³-hybridized carbons (Fsp3) is 0.571. The number of benzene rings is 1. The van der Waals surface area contributed by atoms with Gasteiger partial charge in [0.1, 0.15) is 0 Å². The second-order valence-corrected chi connectivity index (χ2v) is 5.07. The van der Waals surface area contributed by atoms with Crippen molar-refractivity contribution < 1.29 is 4.74 Å². The van der Waals surface area contributed by atoms with E-state index in [9.17, 15) is 0 Å². The number of methoxy groups -OCH3 is 1. The van der Waals surface area contributed by atoms with E-state index in [2.05, 4.69) is 25.2 Å². The van der Waals surface area contributed by atoms with Gasteiger partial charge in [0.15, 0.2) is 0 Å². The largest absolute Gasteiger partial charge is 0.384 e. The number of ether oxygens (including phenoxy) is 1. The van der Waals surface area contributed by atoms with Gasteiger partial charge in [0.05, 0.1) is 0 Å². The Bertz CT molecular complexity index is 330. The lowest BCUT2D eigenvalue weighted by atomic mass is 10.1. The van der Waals surface area contributed by atoms with Crippen LogP contribution < -0.4 is 5.32 Å². The molecule has 2 nitrogen and oxygen atoms in total. The molecule has 1 N–H and O–H groups in total. The zero-order chi connectivity index (χ0) is 12.7. The van der Waals surface area contributed by atoms with E-state index < -0.39 is 0 Å². The molecule has 3 heteroatoms. The van der Waals surface area contributed by atoms with Gasteiger partial charge in [0.25, 0.3) is 0 Å². The van der Waals surface area contributed by atoms with Crippen LogP contribution in [0.4, 0.5) is 0 Å². The SMILES string of the molecule is COCC(C)CNC(C)Cc1ccccc1Cl. The molecular weight excluding hydrogens is 234 g/mol. The maximum atomic E-state index is 6.13. The van der Waals surface area contributed by atoms with E-state index in [1.165, 1.54) is 5.56 Å². The first-order valence-corrected chi connectivity index (χ1v) is 6.47. The third-order valence-electron chi connectivity index (χ3n) is 2.75. The summed E-state index contributed by atoms with van der Waals surface area (Å²) >= 11 is 6.13. The fourth-order valence-electron chi connectivity index (χ4n) is 1.81. The van der Waals surface area contributed by atoms with Crippen molar-refractivity contribution >= 4 is 11.6 Å². The molecule has 0 saturated carbocycles. The number of halogens is 1. The Morgan fingerprint density at radius 2 is 2.00 bits per heavy atom. The Hall–Kier alpha value is -0.570. The van der Waals surface area contributed by atoms with Gasteiger partial charge >= 0.3 is 0 Å². The van der Waals surface area contributed by atoms with Gasteiger partial charge in [-0.05, 0) is 30.9 Å². The Balaban J connectivity index is 2.34. The van der Waals surface area contributed by atoms with Crippen molar-refractivity contribution in [2.45, 2.75) is 26.3 Å². The number of nitrogens with one attached hydrogen (secondary N) is 1. The van der Waals surface area contributed by atoms with Crippen molar-refractivity contribution in [3.8, 4) is 0 Å². The van der Waals surface area contributed by atoms with Crippen LogP contribution in [0.25, 0.3) is 0 Å². The molecule has 0 fully saturated rings. The normalized spacial score (nSPS) is 14.6. The highest BCUT2D eigenvalue weighted by Crippen LogP contribution is 2.16. The molecule has 1 aromatic carbocycles. The summed E-state index contributed by atoms with van der Waals surface area (Å²) in [7, 11) is 1.74. The Kier molecular flexibility index (Phi) is 6.56. The predicted octanol–water partition coefficient (Wildman–Crippen LogP) is 3.14. The van der Waals surface area contributed by atoms with Crippen molar-refractivity contribution in [2.75, 3.05) is 20.3 Å². The standard InChI is InChI=1S/C14H22ClNO/c1-11(10-17-3)9-16-12(2)8-13-6-4-5-7-14(13)15/h4-7,11-12,16H,8-10H2,1-3H3. The van der Waals surface area contributed by atoms with Gasteiger partial charge < -0.3 is 10.1 Å². The van der Waals surface area contributed by atoms with Crippen LogP contribution in [0.2, 0.25) is 5.02 Å². The zero-order valence-corrected chi connectivity index (χ0v) is 11.6. The van der Waals surface area contributed by atoms with E-state index in [0.717, 1.165) is 24.6 Å². The molecule has 17 heavy (non-hydrogen) atoms. The van der Waals surface area contributed by atoms with E-state index in [-0.39, 0.29) is 0 Å². The maximum Gasteiger partial charge on any atom is 0.0499 e. The van der Waals surface area contributed by atoms with Crippen LogP contribution in [-0.4, -0.2) is 26.3 Å². The third-order valence-corrected chi connectivity index (χ3v) is 3.12. The van der Waals surface area contributed by atoms with E-state index in [1.807, 2.05) is 18.2 Å². The predicted molar refractivity (Wildman–Crippen MR) is 73.7 cm³/mol. The average molecular weight is 256 g/mol. The van der Waals surface area contributed by atoms with Crippen molar-refractivity contribution in [3.63, 3.8) is 0 Å². The first-order valence-electron chi connectivity index (χ1n) is 6.09. The highest BCUT2D eigenvalue weighted by Gasteiger charge is 2.08. The minimum absolute atomic E-state index is 0.425. The smallest absolute Gasteiger partial charge is 0.0499 e. The van der Waals surface area contributed by atoms with Gasteiger partial charge in [-0.2, -0.15) is 0 Å². The summed E-state index contributed by atoms with van der Waals surface area (Å²) < 4.78 is 5.11. The number of hydrogen-bond donors (Lipinski definition) is 1. The maximum absolute atomic E-state index is 6.13. The van der Waals surface area contributed by atoms with Gasteiger partial charge in [-0.25, -0.2) is 0 Å². The quantitative estimate of drug-likeness (QED) is 0.808. The minimum atomic E-state index is 0.425. The van der Waals surface area contributed by atoms with E-state index >= 15 is 0 Å². The van der Waals surface area contributed by atoms with Gasteiger partial charge in [-0.3, -0.25) is 0 Å². The summed E-state index contributed by atoms with van der Waals surface area (Å²) in [5, 5.41) is 4.36. The van der Waals surface area contributed by atoms with Crippen LogP contribution in [0.15, 0.2) is 24.3 Å². The van der Waals surface area contributed by atoms with Gasteiger partial charge in [-0.1, -0.05) is 36.7 Å². The van der Waals surface area contributed by atoms with Crippen molar-refractivity contribution in [1.29, 1.82) is 0 Å². The van der Waals surface area contributed by atoms with Gasteiger partial charge in [0.2, 0.25) is 0 Å². The number of hydrogen-bond acceptors (Lipinski definition) is 2. The molecule has 0 heterocycles. The molecule has 2 atom stereocenters. The molecule has 2 unspecified atom stereocenters. The lowest BCUT2D eigenvalue weighted by Gasteiger charge is -2.17. The summed E-state index contributed by atoms with van der Waals surface area (Å²) in [5.74, 6) is 0.536. The first-order chi connectivity index (χ1) is 8.13. The molecule has 0 aromatic heterocycles. The monoisotopic (exact) mass is 255 g/mol. The average Bonchev–Trinajstić information content (AvgIpc) is 2.30. The Labute approximate surface area is 109 Å². The van der Waals surface area contributed by atoms with Gasteiger partial charge in [0, 0.05) is 31.3 Å². The molecule has 0 aliphatic heterocycles. The zero-order valence-electron chi connectivity index (χ0n) is 10.9. The topological polar surface area (TPSA) is 21.3 Å². The molecule has 1 aromatic rings. The molecule has 0 amide bonds. The molecular formula is C14H22ClNO. The summed E-state index contributed by atoms with van der Waals surface area (Å²) in [6, 6.07) is 8.44. The summed E-state index contributed by atoms with van der Waals surface area (Å²) in [4.78, 5) is 0. The summed E-state index contributed by atoms with van der Waals surface area (Å²) in [6.07, 6.45) is 0.958. The molecule has 0 radical (unpaired) electrons. The molecule has 0 aliphatic carbocycles. The Morgan fingerprint density at radius 3 is 2.65 bits per heavy atom. The second-order valence-electron chi connectivity index (χ2n) is 4.67. The first kappa shape index (κ1) is 14.5. The van der Waals surface area contributed by atoms with Crippen LogP contribution in [0, 0.1) is 5.92 Å². The molecule has 0 saturated heterocycles.